The van der Waals surface area contributed by atoms with Crippen LogP contribution in [0.4, 0.5) is 10.1 Å². The summed E-state index contributed by atoms with van der Waals surface area (Å²) >= 11 is 10.4. The van der Waals surface area contributed by atoms with Crippen molar-refractivity contribution in [3.63, 3.8) is 0 Å². The van der Waals surface area contributed by atoms with E-state index in [9.17, 15) is 14.0 Å². The smallest absolute Gasteiger partial charge is 0.263 e. The van der Waals surface area contributed by atoms with E-state index in [1.165, 1.54) is 11.0 Å². The highest BCUT2D eigenvalue weighted by atomic mass is 32.1. The van der Waals surface area contributed by atoms with Gasteiger partial charge in [0, 0.05) is 23.7 Å². The number of benzene rings is 1. The lowest BCUT2D eigenvalue weighted by Crippen LogP contribution is -2.53. The maximum Gasteiger partial charge on any atom is 0.263 e. The van der Waals surface area contributed by atoms with Crippen molar-refractivity contribution in [3.8, 4) is 0 Å². The van der Waals surface area contributed by atoms with Crippen molar-refractivity contribution in [1.82, 2.24) is 10.2 Å². The van der Waals surface area contributed by atoms with Gasteiger partial charge in [0.15, 0.2) is 0 Å². The van der Waals surface area contributed by atoms with Crippen LogP contribution in [0.3, 0.4) is 0 Å². The van der Waals surface area contributed by atoms with Gasteiger partial charge in [-0.2, -0.15) is 0 Å². The molecule has 2 N–H and O–H groups in total. The molecule has 1 aromatic carbocycles. The van der Waals surface area contributed by atoms with Crippen LogP contribution in [0.15, 0.2) is 12.1 Å². The van der Waals surface area contributed by atoms with Gasteiger partial charge in [-0.1, -0.05) is 24.4 Å². The van der Waals surface area contributed by atoms with Gasteiger partial charge < -0.3 is 10.6 Å². The lowest BCUT2D eigenvalue weighted by molar-refractivity contribution is -0.123. The lowest BCUT2D eigenvalue weighted by atomic mass is 10.1. The average molecular weight is 365 g/mol. The molecule has 0 radical (unpaired) electrons. The normalized spacial score (nSPS) is 20.5. The zero-order valence-corrected chi connectivity index (χ0v) is 14.8. The van der Waals surface area contributed by atoms with Crippen LogP contribution in [-0.4, -0.2) is 38.8 Å². The summed E-state index contributed by atoms with van der Waals surface area (Å²) < 4.78 is 14.3. The molecule has 0 spiro atoms. The van der Waals surface area contributed by atoms with Gasteiger partial charge in [-0.15, -0.1) is 0 Å². The number of carbonyl (C=O) groups is 2. The van der Waals surface area contributed by atoms with Crippen LogP contribution in [0.25, 0.3) is 0 Å². The second-order valence-corrected chi connectivity index (χ2v) is 6.97. The SMILES string of the molecule is CC(C)Nc1ccc(F)c2c1C(=S)N(C1CCC(=S)NC1=O)C2=O. The number of carbonyl (C=O) groups excluding carboxylic acids is 2. The molecule has 2 aliphatic heterocycles. The van der Waals surface area contributed by atoms with Crippen molar-refractivity contribution in [3.05, 3.63) is 29.1 Å². The van der Waals surface area contributed by atoms with Crippen LogP contribution >= 0.6 is 24.4 Å². The van der Waals surface area contributed by atoms with Gasteiger partial charge in [0.2, 0.25) is 5.91 Å². The molecule has 2 aliphatic rings. The monoisotopic (exact) mass is 365 g/mol. The minimum atomic E-state index is -0.768. The van der Waals surface area contributed by atoms with Crippen LogP contribution in [0, 0.1) is 5.82 Å². The highest BCUT2D eigenvalue weighted by molar-refractivity contribution is 7.81. The molecule has 24 heavy (non-hydrogen) atoms. The molecule has 1 unspecified atom stereocenters. The van der Waals surface area contributed by atoms with Crippen LogP contribution in [0.5, 0.6) is 0 Å². The molecule has 3 rings (SSSR count). The average Bonchev–Trinajstić information content (AvgIpc) is 2.75. The molecule has 1 aromatic rings. The summed E-state index contributed by atoms with van der Waals surface area (Å²) in [6.45, 7) is 3.87. The van der Waals surface area contributed by atoms with Crippen LogP contribution in [0.2, 0.25) is 0 Å². The molecule has 0 bridgehead atoms. The second-order valence-electron chi connectivity index (χ2n) is 6.09. The summed E-state index contributed by atoms with van der Waals surface area (Å²) in [5, 5.41) is 5.74. The zero-order chi connectivity index (χ0) is 17.6. The first-order valence-corrected chi connectivity index (χ1v) is 8.43. The Bertz CT molecular complexity index is 779. The van der Waals surface area contributed by atoms with Crippen molar-refractivity contribution in [1.29, 1.82) is 0 Å². The minimum absolute atomic E-state index is 0.0772. The number of hydrogen-bond acceptors (Lipinski definition) is 5. The Labute approximate surface area is 149 Å². The maximum atomic E-state index is 14.3. The van der Waals surface area contributed by atoms with E-state index in [2.05, 4.69) is 10.6 Å². The van der Waals surface area contributed by atoms with Gasteiger partial charge in [-0.3, -0.25) is 14.5 Å². The summed E-state index contributed by atoms with van der Waals surface area (Å²) in [5.74, 6) is -1.60. The van der Waals surface area contributed by atoms with Gasteiger partial charge in [-0.25, -0.2) is 4.39 Å². The van der Waals surface area contributed by atoms with Crippen LogP contribution in [0.1, 0.15) is 42.6 Å². The number of anilines is 1. The summed E-state index contributed by atoms with van der Waals surface area (Å²) in [6.07, 6.45) is 0.854. The molecule has 2 heterocycles. The summed E-state index contributed by atoms with van der Waals surface area (Å²) in [6, 6.07) is 2.12. The molecule has 5 nitrogen and oxygen atoms in total. The van der Waals surface area contributed by atoms with E-state index in [0.29, 0.717) is 29.1 Å². The Morgan fingerprint density at radius 1 is 1.29 bits per heavy atom. The fraction of sp³-hybridized carbons (Fsp3) is 0.375. The quantitative estimate of drug-likeness (QED) is 0.806. The predicted molar refractivity (Wildman–Crippen MR) is 96.8 cm³/mol. The van der Waals surface area contributed by atoms with E-state index >= 15 is 0 Å². The maximum absolute atomic E-state index is 14.3. The van der Waals surface area contributed by atoms with Crippen LogP contribution < -0.4 is 10.6 Å². The van der Waals surface area contributed by atoms with Crippen molar-refractivity contribution in [2.45, 2.75) is 38.8 Å². The van der Waals surface area contributed by atoms with Gasteiger partial charge in [0.05, 0.1) is 10.6 Å². The molecule has 126 valence electrons. The van der Waals surface area contributed by atoms with Gasteiger partial charge in [0.25, 0.3) is 5.91 Å². The number of amides is 2. The van der Waals surface area contributed by atoms with E-state index in [1.807, 2.05) is 13.8 Å². The summed E-state index contributed by atoms with van der Waals surface area (Å²) in [4.78, 5) is 26.8. The van der Waals surface area contributed by atoms with Crippen molar-refractivity contribution < 1.29 is 14.0 Å². The Hall–Kier alpha value is -1.93. The second kappa shape index (κ2) is 6.18. The Morgan fingerprint density at radius 2 is 2.00 bits per heavy atom. The number of nitrogens with one attached hydrogen (secondary N) is 2. The van der Waals surface area contributed by atoms with Gasteiger partial charge in [-0.05, 0) is 32.4 Å². The molecule has 1 atom stereocenters. The number of rotatable bonds is 3. The fourth-order valence-corrected chi connectivity index (χ4v) is 3.63. The molecule has 0 aromatic heterocycles. The molecule has 1 fully saturated rings. The summed E-state index contributed by atoms with van der Waals surface area (Å²) in [5.41, 5.74) is 0.866. The summed E-state index contributed by atoms with van der Waals surface area (Å²) in [7, 11) is 0. The molecule has 2 amide bonds. The Morgan fingerprint density at radius 3 is 2.62 bits per heavy atom. The van der Waals surface area contributed by atoms with Gasteiger partial charge in [0.1, 0.15) is 16.8 Å². The highest BCUT2D eigenvalue weighted by Crippen LogP contribution is 2.35. The van der Waals surface area contributed by atoms with E-state index in [0.717, 1.165) is 0 Å². The molecular formula is C16H16FN3O2S2. The van der Waals surface area contributed by atoms with Crippen molar-refractivity contribution in [2.24, 2.45) is 0 Å². The third-order valence-electron chi connectivity index (χ3n) is 3.99. The number of fused-ring (bicyclic) bond motifs is 1. The third-order valence-corrected chi connectivity index (χ3v) is 4.69. The van der Waals surface area contributed by atoms with Crippen molar-refractivity contribution >= 4 is 51.9 Å². The predicted octanol–water partition coefficient (Wildman–Crippen LogP) is 2.38. The molecule has 0 saturated carbocycles. The highest BCUT2D eigenvalue weighted by Gasteiger charge is 2.44. The molecular weight excluding hydrogens is 349 g/mol. The van der Waals surface area contributed by atoms with E-state index in [-0.39, 0.29) is 22.5 Å². The number of nitrogens with zero attached hydrogens (tertiary/aromatic N) is 1. The van der Waals surface area contributed by atoms with E-state index < -0.39 is 17.8 Å². The standard InChI is InChI=1S/C16H16FN3O2S2/c1-7(2)18-9-4-3-8(17)12-13(9)16(24)20(15(12)22)10-5-6-11(23)19-14(10)21/h3-4,7,10,18H,5-6H2,1-2H3,(H,19,21,23). The molecule has 8 heteroatoms. The largest absolute Gasteiger partial charge is 0.382 e. The zero-order valence-electron chi connectivity index (χ0n) is 13.2. The van der Waals surface area contributed by atoms with Crippen molar-refractivity contribution in [2.75, 3.05) is 5.32 Å². The minimum Gasteiger partial charge on any atom is -0.382 e. The van der Waals surface area contributed by atoms with Crippen LogP contribution in [-0.2, 0) is 4.79 Å². The number of piperidine rings is 1. The van der Waals surface area contributed by atoms with E-state index in [1.54, 1.807) is 6.07 Å². The number of halogens is 1. The Kier molecular flexibility index (Phi) is 4.35. The van der Waals surface area contributed by atoms with Gasteiger partial charge >= 0.3 is 0 Å². The lowest BCUT2D eigenvalue weighted by Gasteiger charge is -2.30. The molecule has 0 aliphatic carbocycles. The Balaban J connectivity index is 2.03. The number of hydrogen-bond donors (Lipinski definition) is 2. The topological polar surface area (TPSA) is 61.4 Å². The fourth-order valence-electron chi connectivity index (χ4n) is 2.98. The first-order chi connectivity index (χ1) is 11.3. The first-order valence-electron chi connectivity index (χ1n) is 7.62. The first kappa shape index (κ1) is 16.9. The molecule has 1 saturated heterocycles. The number of thiocarbonyl (C=S) groups is 2. The van der Waals surface area contributed by atoms with E-state index in [4.69, 9.17) is 24.4 Å². The third kappa shape index (κ3) is 2.69.